The van der Waals surface area contributed by atoms with Crippen molar-refractivity contribution in [3.05, 3.63) is 114 Å². The Labute approximate surface area is 255 Å². The van der Waals surface area contributed by atoms with Crippen LogP contribution in [0.4, 0.5) is 0 Å². The maximum Gasteiger partial charge on any atom is 0.305 e. The van der Waals surface area contributed by atoms with Crippen molar-refractivity contribution in [2.75, 3.05) is 7.11 Å². The second-order valence-corrected chi connectivity index (χ2v) is 11.7. The number of fused-ring (bicyclic) bond motifs is 5. The minimum atomic E-state index is -0.478. The van der Waals surface area contributed by atoms with E-state index in [4.69, 9.17) is 19.7 Å². The number of nitro groups is 1. The van der Waals surface area contributed by atoms with Gasteiger partial charge in [-0.25, -0.2) is 15.0 Å². The van der Waals surface area contributed by atoms with Crippen molar-refractivity contribution in [3.8, 4) is 0 Å². The normalized spacial score (nSPS) is 24.2. The van der Waals surface area contributed by atoms with Crippen molar-refractivity contribution in [2.24, 2.45) is 26.8 Å². The summed E-state index contributed by atoms with van der Waals surface area (Å²) in [4.78, 5) is 38.0. The van der Waals surface area contributed by atoms with Gasteiger partial charge in [0.2, 0.25) is 6.20 Å². The second kappa shape index (κ2) is 11.0. The van der Waals surface area contributed by atoms with Gasteiger partial charge >= 0.3 is 5.97 Å². The molecule has 10 heteroatoms. The van der Waals surface area contributed by atoms with Crippen LogP contribution < -0.4 is 5.32 Å². The quantitative estimate of drug-likeness (QED) is 0.208. The van der Waals surface area contributed by atoms with Crippen LogP contribution in [0.15, 0.2) is 119 Å². The number of methoxy groups -OCH3 is 1. The van der Waals surface area contributed by atoms with Crippen LogP contribution in [0.1, 0.15) is 60.3 Å². The van der Waals surface area contributed by atoms with E-state index in [9.17, 15) is 20.0 Å². The lowest BCUT2D eigenvalue weighted by molar-refractivity contribution is -0.402. The number of hydrogen-bond donors (Lipinski definition) is 2. The summed E-state index contributed by atoms with van der Waals surface area (Å²) in [7, 11) is 1.39. The topological polar surface area (TPSA) is 139 Å². The van der Waals surface area contributed by atoms with Gasteiger partial charge in [0.1, 0.15) is 5.76 Å². The van der Waals surface area contributed by atoms with Gasteiger partial charge in [-0.15, -0.1) is 0 Å². The number of nitrogens with zero attached hydrogens (tertiary/aromatic N) is 4. The molecule has 0 unspecified atom stereocenters. The lowest BCUT2D eigenvalue weighted by atomic mass is 9.86. The minimum Gasteiger partial charge on any atom is -0.511 e. The Balaban J connectivity index is 1.60. The number of carbonyl (C=O) groups is 1. The van der Waals surface area contributed by atoms with Gasteiger partial charge in [-0.3, -0.25) is 14.9 Å². The van der Waals surface area contributed by atoms with Crippen LogP contribution in [0.5, 0.6) is 0 Å². The Kier molecular flexibility index (Phi) is 7.31. The number of aliphatic imine (C=N–C) groups is 3. The SMILES string of the molecule is CCC1=C(C)C2=NC1=CC1=C(C)C3=C(O)CC(=C4NC(=CC5=NC(=C2)C(/C=C/[N+](=O)[O-])=C5C)[C@@H](C)[C@@H]4CCC(=O)OC)C3=N1. The van der Waals surface area contributed by atoms with E-state index in [0.717, 1.165) is 80.3 Å². The van der Waals surface area contributed by atoms with Gasteiger partial charge in [0.15, 0.2) is 0 Å². The lowest BCUT2D eigenvalue weighted by Crippen LogP contribution is -2.16. The van der Waals surface area contributed by atoms with Crippen LogP contribution >= 0.6 is 0 Å². The fraction of sp³-hybridized carbons (Fsp3) is 0.353. The lowest BCUT2D eigenvalue weighted by Gasteiger charge is -2.17. The van der Waals surface area contributed by atoms with Crippen molar-refractivity contribution in [2.45, 2.75) is 60.3 Å². The van der Waals surface area contributed by atoms with Crippen molar-refractivity contribution in [3.63, 3.8) is 0 Å². The summed E-state index contributed by atoms with van der Waals surface area (Å²) < 4.78 is 4.95. The average Bonchev–Trinajstić information content (AvgIpc) is 3.73. The molecule has 0 spiro atoms. The molecule has 2 atom stereocenters. The van der Waals surface area contributed by atoms with E-state index >= 15 is 0 Å². The number of nitrogens with one attached hydrogen (secondary N) is 1. The first-order valence-electron chi connectivity index (χ1n) is 14.9. The molecule has 1 fully saturated rings. The van der Waals surface area contributed by atoms with E-state index in [1.54, 1.807) is 0 Å². The Bertz CT molecular complexity index is 1820. The number of allylic oxidation sites excluding steroid dienone is 12. The molecule has 0 aromatic carbocycles. The number of carbonyl (C=O) groups excluding carboxylic acids is 1. The summed E-state index contributed by atoms with van der Waals surface area (Å²) in [5.41, 5.74) is 12.3. The zero-order valence-electron chi connectivity index (χ0n) is 25.7. The molecule has 2 N–H and O–H groups in total. The molecule has 6 rings (SSSR count). The van der Waals surface area contributed by atoms with Crippen LogP contribution in [0.2, 0.25) is 0 Å². The monoisotopic (exact) mass is 593 g/mol. The van der Waals surface area contributed by atoms with Gasteiger partial charge in [-0.05, 0) is 74.1 Å². The Morgan fingerprint density at radius 2 is 1.84 bits per heavy atom. The summed E-state index contributed by atoms with van der Waals surface area (Å²) >= 11 is 0. The van der Waals surface area contributed by atoms with Crippen molar-refractivity contribution in [1.82, 2.24) is 5.32 Å². The summed E-state index contributed by atoms with van der Waals surface area (Å²) in [5, 5.41) is 26.1. The highest BCUT2D eigenvalue weighted by molar-refractivity contribution is 6.21. The first-order chi connectivity index (χ1) is 21.0. The van der Waals surface area contributed by atoms with Gasteiger partial charge in [0.05, 0.1) is 46.3 Å². The molecule has 5 heterocycles. The zero-order chi connectivity index (χ0) is 31.4. The van der Waals surface area contributed by atoms with Crippen LogP contribution in [0, 0.1) is 22.0 Å². The fourth-order valence-corrected chi connectivity index (χ4v) is 6.85. The zero-order valence-corrected chi connectivity index (χ0v) is 25.7. The van der Waals surface area contributed by atoms with Crippen molar-refractivity contribution < 1.29 is 19.6 Å². The number of hydrogen-bond acceptors (Lipinski definition) is 9. The van der Waals surface area contributed by atoms with Crippen LogP contribution in [0.3, 0.4) is 0 Å². The second-order valence-electron chi connectivity index (χ2n) is 11.7. The molecule has 0 aromatic rings. The molecule has 8 bridgehead atoms. The van der Waals surface area contributed by atoms with Crippen LogP contribution in [-0.4, -0.2) is 40.2 Å². The molecule has 6 aliphatic rings. The molecule has 10 nitrogen and oxygen atoms in total. The van der Waals surface area contributed by atoms with Gasteiger partial charge < -0.3 is 15.2 Å². The molecule has 0 radical (unpaired) electrons. The third-order valence-corrected chi connectivity index (χ3v) is 9.35. The third kappa shape index (κ3) is 4.74. The maximum absolute atomic E-state index is 12.2. The molecular formula is C34H35N5O5. The molecular weight excluding hydrogens is 558 g/mol. The summed E-state index contributed by atoms with van der Waals surface area (Å²) in [6, 6.07) is 0. The number of aliphatic hydroxyl groups is 1. The van der Waals surface area contributed by atoms with E-state index in [1.165, 1.54) is 13.2 Å². The van der Waals surface area contributed by atoms with Crippen molar-refractivity contribution >= 4 is 23.1 Å². The van der Waals surface area contributed by atoms with Gasteiger partial charge in [-0.2, -0.15) is 0 Å². The van der Waals surface area contributed by atoms with Gasteiger partial charge in [0, 0.05) is 58.9 Å². The molecule has 1 aliphatic carbocycles. The minimum absolute atomic E-state index is 0.0133. The number of ether oxygens (including phenoxy) is 1. The molecule has 0 saturated carbocycles. The number of rotatable bonds is 6. The molecule has 0 aromatic heterocycles. The fourth-order valence-electron chi connectivity index (χ4n) is 6.85. The summed E-state index contributed by atoms with van der Waals surface area (Å²) in [6.07, 6.45) is 10.2. The van der Waals surface area contributed by atoms with E-state index in [0.29, 0.717) is 29.8 Å². The molecule has 44 heavy (non-hydrogen) atoms. The van der Waals surface area contributed by atoms with E-state index in [1.807, 2.05) is 39.0 Å². The summed E-state index contributed by atoms with van der Waals surface area (Å²) in [6.45, 7) is 10.1. The highest BCUT2D eigenvalue weighted by Crippen LogP contribution is 2.46. The summed E-state index contributed by atoms with van der Waals surface area (Å²) in [5.74, 6) is -0.0701. The smallest absolute Gasteiger partial charge is 0.305 e. The molecule has 5 aliphatic heterocycles. The number of aliphatic hydroxyl groups excluding tert-OH is 1. The predicted molar refractivity (Wildman–Crippen MR) is 169 cm³/mol. The highest BCUT2D eigenvalue weighted by Gasteiger charge is 2.41. The average molecular weight is 594 g/mol. The van der Waals surface area contributed by atoms with Crippen molar-refractivity contribution in [1.29, 1.82) is 0 Å². The maximum atomic E-state index is 12.2. The van der Waals surface area contributed by atoms with E-state index < -0.39 is 4.92 Å². The molecule has 0 amide bonds. The van der Waals surface area contributed by atoms with Gasteiger partial charge in [-0.1, -0.05) is 13.8 Å². The van der Waals surface area contributed by atoms with E-state index in [-0.39, 0.29) is 30.0 Å². The molecule has 226 valence electrons. The first kappa shape index (κ1) is 29.2. The largest absolute Gasteiger partial charge is 0.511 e. The Morgan fingerprint density at radius 3 is 2.55 bits per heavy atom. The number of esters is 1. The Hall–Kier alpha value is -4.86. The van der Waals surface area contributed by atoms with E-state index in [2.05, 4.69) is 19.2 Å². The van der Waals surface area contributed by atoms with Crippen LogP contribution in [0.25, 0.3) is 0 Å². The predicted octanol–water partition coefficient (Wildman–Crippen LogP) is 6.40. The standard InChI is InChI=1S/C34H35N5O5/c1-7-20-16(2)25-14-29-21(10-11-39(42)43)17(3)24(36-29)13-26-18(4)22(8-9-31(41)44-6)33(37-26)23-12-30(40)32-19(5)27(38-34(23)32)15-28(20)35-25/h10-11,13-15,18,22,37,40H,7-9,12H2,1-6H3/b11-10+,26-13?,28-15?,29-14?,33-23?/t18-,22-/m0/s1. The van der Waals surface area contributed by atoms with Gasteiger partial charge in [0.25, 0.3) is 0 Å². The third-order valence-electron chi connectivity index (χ3n) is 9.35. The highest BCUT2D eigenvalue weighted by atomic mass is 16.6. The Morgan fingerprint density at radius 1 is 1.11 bits per heavy atom. The van der Waals surface area contributed by atoms with Crippen LogP contribution in [-0.2, 0) is 9.53 Å². The first-order valence-corrected chi connectivity index (χ1v) is 14.9. The molecule has 1 saturated heterocycles.